The Morgan fingerprint density at radius 1 is 0.950 bits per heavy atom. The van der Waals surface area contributed by atoms with E-state index in [2.05, 4.69) is 77.6 Å². The summed E-state index contributed by atoms with van der Waals surface area (Å²) in [5.74, 6) is 0. The molecule has 0 aromatic heterocycles. The summed E-state index contributed by atoms with van der Waals surface area (Å²) in [7, 11) is 0. The molecule has 2 aromatic carbocycles. The van der Waals surface area contributed by atoms with E-state index < -0.39 is 0 Å². The number of benzene rings is 2. The van der Waals surface area contributed by atoms with Crippen LogP contribution in [0.4, 0.5) is 5.69 Å². The van der Waals surface area contributed by atoms with Gasteiger partial charge in [0.1, 0.15) is 0 Å². The molecule has 0 aliphatic heterocycles. The average Bonchev–Trinajstić information content (AvgIpc) is 2.42. The third kappa shape index (κ3) is 4.38. The number of rotatable bonds is 6. The zero-order valence-electron chi connectivity index (χ0n) is 12.2. The topological polar surface area (TPSA) is 12.0 Å². The number of hydrogen-bond acceptors (Lipinski definition) is 1. The summed E-state index contributed by atoms with van der Waals surface area (Å²) in [4.78, 5) is 0. The fraction of sp³-hybridized carbons (Fsp3) is 0.333. The van der Waals surface area contributed by atoms with Gasteiger partial charge in [0.2, 0.25) is 0 Å². The van der Waals surface area contributed by atoms with Gasteiger partial charge < -0.3 is 5.32 Å². The van der Waals surface area contributed by atoms with Gasteiger partial charge in [-0.05, 0) is 61.9 Å². The predicted molar refractivity (Wildman–Crippen MR) is 91.5 cm³/mol. The maximum atomic E-state index is 3.57. The zero-order valence-corrected chi connectivity index (χ0v) is 13.8. The first kappa shape index (κ1) is 15.1. The molecule has 0 unspecified atom stereocenters. The summed E-state index contributed by atoms with van der Waals surface area (Å²) in [6.07, 6.45) is 3.59. The van der Waals surface area contributed by atoms with E-state index in [-0.39, 0.29) is 0 Å². The average molecular weight is 332 g/mol. The lowest BCUT2D eigenvalue weighted by atomic mass is 10.1. The molecule has 0 saturated heterocycles. The van der Waals surface area contributed by atoms with E-state index in [0.29, 0.717) is 0 Å². The summed E-state index contributed by atoms with van der Waals surface area (Å²) in [6, 6.07) is 15.0. The minimum absolute atomic E-state index is 1.04. The van der Waals surface area contributed by atoms with Gasteiger partial charge in [0.05, 0.1) is 0 Å². The standard InChI is InChI=1S/C18H22BrN/c1-14-12-17(19)13-15(2)18(14)20-11-7-6-10-16-8-4-3-5-9-16/h3-5,8-9,12-13,20H,6-7,10-11H2,1-2H3. The number of nitrogens with one attached hydrogen (secondary N) is 1. The molecule has 20 heavy (non-hydrogen) atoms. The van der Waals surface area contributed by atoms with Crippen molar-refractivity contribution >= 4 is 21.6 Å². The quantitative estimate of drug-likeness (QED) is 0.689. The van der Waals surface area contributed by atoms with Crippen molar-refractivity contribution in [2.24, 2.45) is 0 Å². The fourth-order valence-corrected chi connectivity index (χ4v) is 3.19. The molecule has 0 aliphatic rings. The molecule has 106 valence electrons. The van der Waals surface area contributed by atoms with E-state index >= 15 is 0 Å². The van der Waals surface area contributed by atoms with Gasteiger partial charge in [-0.15, -0.1) is 0 Å². The molecule has 2 rings (SSSR count). The summed E-state index contributed by atoms with van der Waals surface area (Å²) in [5.41, 5.74) is 5.33. The van der Waals surface area contributed by atoms with Crippen molar-refractivity contribution in [2.75, 3.05) is 11.9 Å². The summed E-state index contributed by atoms with van der Waals surface area (Å²) < 4.78 is 1.15. The minimum atomic E-state index is 1.04. The zero-order chi connectivity index (χ0) is 14.4. The Morgan fingerprint density at radius 3 is 2.25 bits per heavy atom. The van der Waals surface area contributed by atoms with Crippen LogP contribution in [0.3, 0.4) is 0 Å². The van der Waals surface area contributed by atoms with Gasteiger partial charge in [-0.25, -0.2) is 0 Å². The van der Waals surface area contributed by atoms with Gasteiger partial charge in [-0.2, -0.15) is 0 Å². The van der Waals surface area contributed by atoms with Crippen LogP contribution in [0.2, 0.25) is 0 Å². The van der Waals surface area contributed by atoms with Crippen LogP contribution < -0.4 is 5.32 Å². The normalized spacial score (nSPS) is 10.6. The van der Waals surface area contributed by atoms with Gasteiger partial charge in [0.15, 0.2) is 0 Å². The molecule has 2 aromatic rings. The van der Waals surface area contributed by atoms with Gasteiger partial charge in [0, 0.05) is 16.7 Å². The number of hydrogen-bond donors (Lipinski definition) is 1. The molecule has 1 N–H and O–H groups in total. The molecule has 0 heterocycles. The lowest BCUT2D eigenvalue weighted by Gasteiger charge is -2.13. The molecule has 0 amide bonds. The molecule has 0 atom stereocenters. The Balaban J connectivity index is 1.76. The summed E-state index contributed by atoms with van der Waals surface area (Å²) in [6.45, 7) is 5.35. The maximum Gasteiger partial charge on any atom is 0.0400 e. The van der Waals surface area contributed by atoms with Crippen molar-refractivity contribution in [1.29, 1.82) is 0 Å². The highest BCUT2D eigenvalue weighted by Crippen LogP contribution is 2.25. The second-order valence-electron chi connectivity index (χ2n) is 5.28. The van der Waals surface area contributed by atoms with Crippen molar-refractivity contribution in [3.05, 3.63) is 63.6 Å². The molecule has 0 aliphatic carbocycles. The summed E-state index contributed by atoms with van der Waals surface area (Å²) >= 11 is 3.54. The number of halogens is 1. The van der Waals surface area contributed by atoms with E-state index in [9.17, 15) is 0 Å². The first-order chi connectivity index (χ1) is 9.66. The van der Waals surface area contributed by atoms with Crippen LogP contribution in [-0.2, 0) is 6.42 Å². The van der Waals surface area contributed by atoms with Crippen molar-refractivity contribution in [2.45, 2.75) is 33.1 Å². The molecular weight excluding hydrogens is 310 g/mol. The van der Waals surface area contributed by atoms with E-state index in [4.69, 9.17) is 0 Å². The molecule has 1 nitrogen and oxygen atoms in total. The Kier molecular flexibility index (Phi) is 5.66. The second-order valence-corrected chi connectivity index (χ2v) is 6.20. The van der Waals surface area contributed by atoms with E-state index in [1.807, 2.05) is 0 Å². The van der Waals surface area contributed by atoms with Crippen LogP contribution in [0.15, 0.2) is 46.9 Å². The summed E-state index contributed by atoms with van der Waals surface area (Å²) in [5, 5.41) is 3.57. The van der Waals surface area contributed by atoms with Gasteiger partial charge >= 0.3 is 0 Å². The molecule has 0 fully saturated rings. The monoisotopic (exact) mass is 331 g/mol. The number of aryl methyl sites for hydroxylation is 3. The highest BCUT2D eigenvalue weighted by molar-refractivity contribution is 9.10. The molecule has 0 spiro atoms. The van der Waals surface area contributed by atoms with Gasteiger partial charge in [0.25, 0.3) is 0 Å². The van der Waals surface area contributed by atoms with Crippen molar-refractivity contribution < 1.29 is 0 Å². The van der Waals surface area contributed by atoms with Crippen LogP contribution in [-0.4, -0.2) is 6.54 Å². The highest BCUT2D eigenvalue weighted by atomic mass is 79.9. The van der Waals surface area contributed by atoms with Crippen molar-refractivity contribution in [1.82, 2.24) is 0 Å². The molecule has 0 bridgehead atoms. The Morgan fingerprint density at radius 2 is 1.60 bits per heavy atom. The lowest BCUT2D eigenvalue weighted by molar-refractivity contribution is 0.762. The van der Waals surface area contributed by atoms with Crippen LogP contribution in [0.5, 0.6) is 0 Å². The van der Waals surface area contributed by atoms with Crippen LogP contribution in [0.1, 0.15) is 29.5 Å². The fourth-order valence-electron chi connectivity index (χ4n) is 2.50. The minimum Gasteiger partial charge on any atom is -0.385 e. The molecule has 2 heteroatoms. The smallest absolute Gasteiger partial charge is 0.0400 e. The van der Waals surface area contributed by atoms with Gasteiger partial charge in [-0.3, -0.25) is 0 Å². The third-order valence-electron chi connectivity index (χ3n) is 3.53. The first-order valence-corrected chi connectivity index (χ1v) is 8.00. The van der Waals surface area contributed by atoms with Crippen LogP contribution >= 0.6 is 15.9 Å². The first-order valence-electron chi connectivity index (χ1n) is 7.21. The van der Waals surface area contributed by atoms with Crippen LogP contribution in [0.25, 0.3) is 0 Å². The molecule has 0 saturated carbocycles. The van der Waals surface area contributed by atoms with E-state index in [0.717, 1.165) is 11.0 Å². The largest absolute Gasteiger partial charge is 0.385 e. The SMILES string of the molecule is Cc1cc(Br)cc(C)c1NCCCCc1ccccc1. The van der Waals surface area contributed by atoms with Crippen LogP contribution in [0, 0.1) is 13.8 Å². The Bertz CT molecular complexity index is 526. The second kappa shape index (κ2) is 7.49. The predicted octanol–water partition coefficient (Wildman–Crippen LogP) is 5.50. The number of anilines is 1. The van der Waals surface area contributed by atoms with Gasteiger partial charge in [-0.1, -0.05) is 46.3 Å². The third-order valence-corrected chi connectivity index (χ3v) is 3.99. The Labute approximate surface area is 130 Å². The van der Waals surface area contributed by atoms with E-state index in [1.54, 1.807) is 0 Å². The highest BCUT2D eigenvalue weighted by Gasteiger charge is 2.03. The Hall–Kier alpha value is -1.28. The number of unbranched alkanes of at least 4 members (excludes halogenated alkanes) is 1. The maximum absolute atomic E-state index is 3.57. The van der Waals surface area contributed by atoms with E-state index in [1.165, 1.54) is 41.6 Å². The molecular formula is C18H22BrN. The van der Waals surface area contributed by atoms with Crippen molar-refractivity contribution in [3.8, 4) is 0 Å². The molecule has 0 radical (unpaired) electrons. The van der Waals surface area contributed by atoms with Crippen molar-refractivity contribution in [3.63, 3.8) is 0 Å². The lowest BCUT2D eigenvalue weighted by Crippen LogP contribution is -2.05.